The number of aromatic nitrogens is 2. The van der Waals surface area contributed by atoms with Gasteiger partial charge in [0.1, 0.15) is 5.56 Å². The standard InChI is InChI=1S/C16H19BrN4O3/c1-10-7-11(17)5-6-13(10)18-14(22)9-20(2)16(23)12-8-21(3)19-15(12)24-4/h5-8H,9H2,1-4H3,(H,18,22). The first-order valence-electron chi connectivity index (χ1n) is 7.21. The van der Waals surface area contributed by atoms with E-state index in [9.17, 15) is 9.59 Å². The molecule has 0 saturated heterocycles. The minimum atomic E-state index is -0.331. The Kier molecular flexibility index (Phi) is 5.61. The van der Waals surface area contributed by atoms with E-state index in [2.05, 4.69) is 26.3 Å². The van der Waals surface area contributed by atoms with Gasteiger partial charge in [0.15, 0.2) is 0 Å². The number of methoxy groups -OCH3 is 1. The maximum Gasteiger partial charge on any atom is 0.261 e. The van der Waals surface area contributed by atoms with Crippen LogP contribution < -0.4 is 10.1 Å². The summed E-state index contributed by atoms with van der Waals surface area (Å²) in [4.78, 5) is 26.0. The van der Waals surface area contributed by atoms with Crippen LogP contribution in [0.3, 0.4) is 0 Å². The average molecular weight is 395 g/mol. The van der Waals surface area contributed by atoms with Gasteiger partial charge in [-0.1, -0.05) is 15.9 Å². The Balaban J connectivity index is 2.04. The van der Waals surface area contributed by atoms with Crippen molar-refractivity contribution in [2.75, 3.05) is 26.0 Å². The lowest BCUT2D eigenvalue weighted by molar-refractivity contribution is -0.116. The molecule has 128 valence electrons. The van der Waals surface area contributed by atoms with E-state index in [1.807, 2.05) is 25.1 Å². The largest absolute Gasteiger partial charge is 0.479 e. The van der Waals surface area contributed by atoms with E-state index in [1.54, 1.807) is 20.3 Å². The van der Waals surface area contributed by atoms with E-state index in [-0.39, 0.29) is 24.2 Å². The average Bonchev–Trinajstić information content (AvgIpc) is 2.90. The van der Waals surface area contributed by atoms with Crippen LogP contribution in [0.4, 0.5) is 5.69 Å². The van der Waals surface area contributed by atoms with E-state index in [0.717, 1.165) is 10.0 Å². The van der Waals surface area contributed by atoms with Gasteiger partial charge < -0.3 is 15.0 Å². The summed E-state index contributed by atoms with van der Waals surface area (Å²) in [5.41, 5.74) is 1.96. The molecule has 0 bridgehead atoms. The molecule has 24 heavy (non-hydrogen) atoms. The summed E-state index contributed by atoms with van der Waals surface area (Å²) < 4.78 is 7.51. The highest BCUT2D eigenvalue weighted by Gasteiger charge is 2.21. The zero-order valence-corrected chi connectivity index (χ0v) is 15.5. The van der Waals surface area contributed by atoms with Gasteiger partial charge in [-0.25, -0.2) is 0 Å². The van der Waals surface area contributed by atoms with Crippen molar-refractivity contribution in [2.24, 2.45) is 7.05 Å². The van der Waals surface area contributed by atoms with Crippen LogP contribution in [0.1, 0.15) is 15.9 Å². The van der Waals surface area contributed by atoms with Crippen molar-refractivity contribution in [1.29, 1.82) is 0 Å². The fourth-order valence-corrected chi connectivity index (χ4v) is 2.69. The highest BCUT2D eigenvalue weighted by molar-refractivity contribution is 9.10. The number of anilines is 1. The summed E-state index contributed by atoms with van der Waals surface area (Å²) in [5, 5.41) is 6.84. The smallest absolute Gasteiger partial charge is 0.261 e. The molecule has 0 atom stereocenters. The van der Waals surface area contributed by atoms with Crippen LogP contribution in [0.5, 0.6) is 5.88 Å². The third-order valence-corrected chi connectivity index (χ3v) is 3.90. The first kappa shape index (κ1) is 18.0. The molecule has 0 aliphatic rings. The summed E-state index contributed by atoms with van der Waals surface area (Å²) in [7, 11) is 4.70. The molecule has 1 aromatic carbocycles. The summed E-state index contributed by atoms with van der Waals surface area (Å²) in [6.07, 6.45) is 1.56. The molecule has 0 aliphatic carbocycles. The maximum atomic E-state index is 12.4. The lowest BCUT2D eigenvalue weighted by Gasteiger charge is -2.17. The molecular formula is C16H19BrN4O3. The van der Waals surface area contributed by atoms with Crippen molar-refractivity contribution >= 4 is 33.4 Å². The highest BCUT2D eigenvalue weighted by atomic mass is 79.9. The van der Waals surface area contributed by atoms with Gasteiger partial charge in [0, 0.05) is 30.5 Å². The van der Waals surface area contributed by atoms with Gasteiger partial charge in [0.2, 0.25) is 11.8 Å². The van der Waals surface area contributed by atoms with E-state index in [0.29, 0.717) is 11.3 Å². The Morgan fingerprint density at radius 1 is 1.42 bits per heavy atom. The molecule has 7 nitrogen and oxygen atoms in total. The van der Waals surface area contributed by atoms with Gasteiger partial charge in [-0.05, 0) is 30.7 Å². The summed E-state index contributed by atoms with van der Waals surface area (Å²) in [5.74, 6) is -0.375. The minimum Gasteiger partial charge on any atom is -0.479 e. The van der Waals surface area contributed by atoms with Gasteiger partial charge in [0.05, 0.1) is 13.7 Å². The topological polar surface area (TPSA) is 76.5 Å². The molecule has 2 amide bonds. The molecule has 0 saturated carbocycles. The molecule has 8 heteroatoms. The van der Waals surface area contributed by atoms with Gasteiger partial charge in [-0.3, -0.25) is 14.3 Å². The van der Waals surface area contributed by atoms with Gasteiger partial charge in [-0.2, -0.15) is 0 Å². The maximum absolute atomic E-state index is 12.4. The normalized spacial score (nSPS) is 10.4. The predicted molar refractivity (Wildman–Crippen MR) is 94.2 cm³/mol. The van der Waals surface area contributed by atoms with Crippen LogP contribution >= 0.6 is 15.9 Å². The van der Waals surface area contributed by atoms with Crippen LogP contribution in [0.15, 0.2) is 28.9 Å². The predicted octanol–water partition coefficient (Wildman–Crippen LogP) is 2.21. The third-order valence-electron chi connectivity index (χ3n) is 3.41. The highest BCUT2D eigenvalue weighted by Crippen LogP contribution is 2.20. The second-order valence-electron chi connectivity index (χ2n) is 5.39. The fraction of sp³-hybridized carbons (Fsp3) is 0.312. The van der Waals surface area contributed by atoms with Gasteiger partial charge in [-0.15, -0.1) is 5.10 Å². The second kappa shape index (κ2) is 7.48. The van der Waals surface area contributed by atoms with Gasteiger partial charge >= 0.3 is 0 Å². The number of carbonyl (C=O) groups is 2. The van der Waals surface area contributed by atoms with Crippen molar-refractivity contribution in [3.8, 4) is 5.88 Å². The van der Waals surface area contributed by atoms with Crippen molar-refractivity contribution in [3.63, 3.8) is 0 Å². The zero-order valence-electron chi connectivity index (χ0n) is 14.0. The molecule has 0 aliphatic heterocycles. The van der Waals surface area contributed by atoms with Crippen LogP contribution in [-0.2, 0) is 11.8 Å². The van der Waals surface area contributed by atoms with Crippen molar-refractivity contribution in [1.82, 2.24) is 14.7 Å². The van der Waals surface area contributed by atoms with E-state index in [4.69, 9.17) is 4.74 Å². The summed E-state index contributed by atoms with van der Waals surface area (Å²) in [6, 6.07) is 5.56. The second-order valence-corrected chi connectivity index (χ2v) is 6.31. The molecule has 0 spiro atoms. The number of aryl methyl sites for hydroxylation is 2. The quantitative estimate of drug-likeness (QED) is 0.843. The number of benzene rings is 1. The van der Waals surface area contributed by atoms with Crippen molar-refractivity contribution < 1.29 is 14.3 Å². The number of halogens is 1. The number of hydrogen-bond acceptors (Lipinski definition) is 4. The van der Waals surface area contributed by atoms with Crippen molar-refractivity contribution in [3.05, 3.63) is 40.0 Å². The number of likely N-dealkylation sites (N-methyl/N-ethyl adjacent to an activating group) is 1. The molecule has 1 heterocycles. The van der Waals surface area contributed by atoms with E-state index in [1.165, 1.54) is 16.7 Å². The van der Waals surface area contributed by atoms with Crippen LogP contribution in [-0.4, -0.2) is 47.2 Å². The molecular weight excluding hydrogens is 376 g/mol. The molecule has 0 radical (unpaired) electrons. The summed E-state index contributed by atoms with van der Waals surface area (Å²) in [6.45, 7) is 1.82. The first-order chi connectivity index (χ1) is 11.3. The Morgan fingerprint density at radius 3 is 2.75 bits per heavy atom. The zero-order chi connectivity index (χ0) is 17.9. The van der Waals surface area contributed by atoms with Crippen LogP contribution in [0, 0.1) is 6.92 Å². The van der Waals surface area contributed by atoms with Crippen LogP contribution in [0.2, 0.25) is 0 Å². The molecule has 0 fully saturated rings. The lowest BCUT2D eigenvalue weighted by atomic mass is 10.2. The van der Waals surface area contributed by atoms with E-state index < -0.39 is 0 Å². The lowest BCUT2D eigenvalue weighted by Crippen LogP contribution is -2.35. The molecule has 1 aromatic heterocycles. The Labute approximate surface area is 148 Å². The molecule has 2 rings (SSSR count). The number of nitrogens with one attached hydrogen (secondary N) is 1. The molecule has 0 unspecified atom stereocenters. The number of carbonyl (C=O) groups excluding carboxylic acids is 2. The first-order valence-corrected chi connectivity index (χ1v) is 8.00. The Bertz CT molecular complexity index is 773. The number of hydrogen-bond donors (Lipinski definition) is 1. The monoisotopic (exact) mass is 394 g/mol. The third kappa shape index (κ3) is 4.14. The van der Waals surface area contributed by atoms with E-state index >= 15 is 0 Å². The Hall–Kier alpha value is -2.35. The van der Waals surface area contributed by atoms with Gasteiger partial charge in [0.25, 0.3) is 5.91 Å². The Morgan fingerprint density at radius 2 is 2.12 bits per heavy atom. The number of amides is 2. The van der Waals surface area contributed by atoms with Crippen LogP contribution in [0.25, 0.3) is 0 Å². The SMILES string of the molecule is COc1nn(C)cc1C(=O)N(C)CC(=O)Nc1ccc(Br)cc1C. The minimum absolute atomic E-state index is 0.0770. The summed E-state index contributed by atoms with van der Waals surface area (Å²) >= 11 is 3.38. The molecule has 2 aromatic rings. The number of nitrogens with zero attached hydrogens (tertiary/aromatic N) is 3. The number of rotatable bonds is 5. The fourth-order valence-electron chi connectivity index (χ4n) is 2.22. The molecule has 1 N–H and O–H groups in total. The number of ether oxygens (including phenoxy) is 1. The van der Waals surface area contributed by atoms with Crippen molar-refractivity contribution in [2.45, 2.75) is 6.92 Å².